The standard InChI is InChI=1S/C33H45FN2O4/c1-20(2)29-25(15-14-23-16-24(39-33(8,9)38-23)17-27(37)40-31(3,4)5)28(21-10-12-22(34)13-11-21)26-18-35-19-32(6,7)30(26)36-29/h10-15,20,23-24,35H,16-19H2,1-9H3/b15-14+/t23-,24-/m1/s1. The molecule has 4 rings (SSSR count). The monoisotopic (exact) mass is 552 g/mol. The van der Waals surface area contributed by atoms with Gasteiger partial charge in [-0.25, -0.2) is 4.39 Å². The Labute approximate surface area is 238 Å². The molecule has 1 aromatic carbocycles. The fourth-order valence-electron chi connectivity index (χ4n) is 5.69. The minimum Gasteiger partial charge on any atom is -0.460 e. The number of aromatic nitrogens is 1. The van der Waals surface area contributed by atoms with Crippen molar-refractivity contribution in [3.05, 3.63) is 58.7 Å². The number of nitrogens with zero attached hydrogens (tertiary/aromatic N) is 1. The van der Waals surface area contributed by atoms with E-state index in [1.807, 2.05) is 46.8 Å². The third-order valence-corrected chi connectivity index (χ3v) is 7.23. The van der Waals surface area contributed by atoms with Crippen LogP contribution in [0.1, 0.15) is 104 Å². The molecule has 7 heteroatoms. The molecular weight excluding hydrogens is 507 g/mol. The summed E-state index contributed by atoms with van der Waals surface area (Å²) >= 11 is 0. The van der Waals surface area contributed by atoms with E-state index in [0.717, 1.165) is 40.2 Å². The van der Waals surface area contributed by atoms with Gasteiger partial charge >= 0.3 is 5.97 Å². The number of pyridine rings is 1. The lowest BCUT2D eigenvalue weighted by atomic mass is 9.78. The van der Waals surface area contributed by atoms with Gasteiger partial charge in [0.05, 0.1) is 30.0 Å². The van der Waals surface area contributed by atoms with Gasteiger partial charge in [0.15, 0.2) is 5.79 Å². The van der Waals surface area contributed by atoms with Crippen LogP contribution in [0.2, 0.25) is 0 Å². The molecule has 3 heterocycles. The molecule has 6 nitrogen and oxygen atoms in total. The molecule has 0 aliphatic carbocycles. The summed E-state index contributed by atoms with van der Waals surface area (Å²) in [4.78, 5) is 17.8. The normalized spacial score (nSPS) is 22.4. The molecule has 218 valence electrons. The number of fused-ring (bicyclic) bond motifs is 1. The summed E-state index contributed by atoms with van der Waals surface area (Å²) in [6, 6.07) is 6.72. The van der Waals surface area contributed by atoms with Crippen LogP contribution >= 0.6 is 0 Å². The van der Waals surface area contributed by atoms with Crippen LogP contribution in [0.25, 0.3) is 17.2 Å². The molecule has 0 saturated carbocycles. The molecule has 1 saturated heterocycles. The number of carbonyl (C=O) groups is 1. The highest BCUT2D eigenvalue weighted by Gasteiger charge is 2.37. The second-order valence-electron chi connectivity index (χ2n) is 13.4. The van der Waals surface area contributed by atoms with Gasteiger partial charge in [0.25, 0.3) is 0 Å². The van der Waals surface area contributed by atoms with Gasteiger partial charge in [0, 0.05) is 30.5 Å². The van der Waals surface area contributed by atoms with Crippen molar-refractivity contribution < 1.29 is 23.4 Å². The van der Waals surface area contributed by atoms with Crippen LogP contribution in [0.5, 0.6) is 0 Å². The molecule has 0 bridgehead atoms. The molecule has 2 aromatic rings. The van der Waals surface area contributed by atoms with E-state index in [9.17, 15) is 9.18 Å². The van der Waals surface area contributed by atoms with Crippen molar-refractivity contribution in [1.29, 1.82) is 0 Å². The SMILES string of the molecule is CC(C)c1nc2c(c(-c3ccc(F)cc3)c1/C=C/[C@@H]1C[C@H](CC(=O)OC(C)(C)C)OC(C)(C)O1)CNCC2(C)C. The van der Waals surface area contributed by atoms with Gasteiger partial charge in [-0.1, -0.05) is 52.0 Å². The molecule has 1 N–H and O–H groups in total. The Morgan fingerprint density at radius 2 is 1.85 bits per heavy atom. The highest BCUT2D eigenvalue weighted by atomic mass is 19.1. The van der Waals surface area contributed by atoms with E-state index in [-0.39, 0.29) is 41.7 Å². The zero-order chi connectivity index (χ0) is 29.5. The van der Waals surface area contributed by atoms with E-state index >= 15 is 0 Å². The molecule has 0 unspecified atom stereocenters. The number of esters is 1. The summed E-state index contributed by atoms with van der Waals surface area (Å²) < 4.78 is 31.9. The van der Waals surface area contributed by atoms with E-state index in [0.29, 0.717) is 13.0 Å². The molecular formula is C33H45FN2O4. The van der Waals surface area contributed by atoms with Crippen molar-refractivity contribution in [3.63, 3.8) is 0 Å². The maximum absolute atomic E-state index is 14.0. The lowest BCUT2D eigenvalue weighted by Crippen LogP contribution is -2.45. The predicted octanol–water partition coefficient (Wildman–Crippen LogP) is 7.05. The lowest BCUT2D eigenvalue weighted by Gasteiger charge is -2.40. The predicted molar refractivity (Wildman–Crippen MR) is 156 cm³/mol. The van der Waals surface area contributed by atoms with Crippen LogP contribution in [-0.2, 0) is 31.0 Å². The summed E-state index contributed by atoms with van der Waals surface area (Å²) in [7, 11) is 0. The number of hydrogen-bond acceptors (Lipinski definition) is 6. The van der Waals surface area contributed by atoms with Crippen molar-refractivity contribution in [2.24, 2.45) is 0 Å². The van der Waals surface area contributed by atoms with Crippen molar-refractivity contribution in [3.8, 4) is 11.1 Å². The Morgan fingerprint density at radius 1 is 1.18 bits per heavy atom. The van der Waals surface area contributed by atoms with Crippen LogP contribution in [0, 0.1) is 5.82 Å². The number of ether oxygens (including phenoxy) is 3. The molecule has 0 radical (unpaired) electrons. The Morgan fingerprint density at radius 3 is 2.48 bits per heavy atom. The minimum atomic E-state index is -0.858. The summed E-state index contributed by atoms with van der Waals surface area (Å²) in [5.41, 5.74) is 5.58. The van der Waals surface area contributed by atoms with E-state index in [1.54, 1.807) is 0 Å². The number of nitrogens with one attached hydrogen (secondary N) is 1. The van der Waals surface area contributed by atoms with Crippen LogP contribution in [-0.4, -0.2) is 41.1 Å². The first-order valence-corrected chi connectivity index (χ1v) is 14.3. The number of hydrogen-bond donors (Lipinski definition) is 1. The quantitative estimate of drug-likeness (QED) is 0.388. The first-order valence-electron chi connectivity index (χ1n) is 14.3. The van der Waals surface area contributed by atoms with Gasteiger partial charge in [0.2, 0.25) is 0 Å². The van der Waals surface area contributed by atoms with Gasteiger partial charge in [0.1, 0.15) is 11.4 Å². The average Bonchev–Trinajstić information content (AvgIpc) is 2.80. The molecule has 1 aromatic heterocycles. The second-order valence-corrected chi connectivity index (χ2v) is 13.4. The molecule has 0 amide bonds. The summed E-state index contributed by atoms with van der Waals surface area (Å²) in [6.45, 7) is 19.6. The number of carbonyl (C=O) groups excluding carboxylic acids is 1. The summed E-state index contributed by atoms with van der Waals surface area (Å²) in [5, 5.41) is 3.56. The number of halogens is 1. The van der Waals surface area contributed by atoms with Gasteiger partial charge in [-0.3, -0.25) is 9.78 Å². The van der Waals surface area contributed by atoms with Crippen molar-refractivity contribution in [2.45, 2.75) is 117 Å². The van der Waals surface area contributed by atoms with Crippen molar-refractivity contribution >= 4 is 12.0 Å². The highest BCUT2D eigenvalue weighted by Crippen LogP contribution is 2.41. The lowest BCUT2D eigenvalue weighted by molar-refractivity contribution is -0.290. The average molecular weight is 553 g/mol. The van der Waals surface area contributed by atoms with Crippen molar-refractivity contribution in [2.75, 3.05) is 6.54 Å². The van der Waals surface area contributed by atoms with E-state index in [1.165, 1.54) is 12.1 Å². The third-order valence-electron chi connectivity index (χ3n) is 7.23. The van der Waals surface area contributed by atoms with Gasteiger partial charge < -0.3 is 19.5 Å². The Bertz CT molecular complexity index is 1260. The second kappa shape index (κ2) is 11.3. The Balaban J connectivity index is 1.75. The summed E-state index contributed by atoms with van der Waals surface area (Å²) in [5.74, 6) is -1.24. The maximum atomic E-state index is 14.0. The first kappa shape index (κ1) is 30.4. The number of rotatable bonds is 6. The van der Waals surface area contributed by atoms with Gasteiger partial charge in [-0.05, 0) is 69.4 Å². The fraction of sp³-hybridized carbons (Fsp3) is 0.576. The Hall–Kier alpha value is -2.61. The smallest absolute Gasteiger partial charge is 0.308 e. The van der Waals surface area contributed by atoms with Crippen LogP contribution in [0.15, 0.2) is 30.3 Å². The van der Waals surface area contributed by atoms with Crippen LogP contribution in [0.3, 0.4) is 0 Å². The summed E-state index contributed by atoms with van der Waals surface area (Å²) in [6.07, 6.45) is 4.22. The van der Waals surface area contributed by atoms with Crippen molar-refractivity contribution in [1.82, 2.24) is 10.3 Å². The largest absolute Gasteiger partial charge is 0.460 e. The zero-order valence-electron chi connectivity index (χ0n) is 25.5. The highest BCUT2D eigenvalue weighted by molar-refractivity contribution is 5.81. The van der Waals surface area contributed by atoms with Gasteiger partial charge in [-0.15, -0.1) is 0 Å². The first-order chi connectivity index (χ1) is 18.5. The molecule has 2 atom stereocenters. The fourth-order valence-corrected chi connectivity index (χ4v) is 5.69. The van der Waals surface area contributed by atoms with Crippen LogP contribution < -0.4 is 5.32 Å². The molecule has 1 fully saturated rings. The van der Waals surface area contributed by atoms with E-state index in [4.69, 9.17) is 19.2 Å². The third kappa shape index (κ3) is 7.17. The van der Waals surface area contributed by atoms with Crippen LogP contribution in [0.4, 0.5) is 4.39 Å². The molecule has 0 spiro atoms. The van der Waals surface area contributed by atoms with E-state index < -0.39 is 11.4 Å². The van der Waals surface area contributed by atoms with Gasteiger partial charge in [-0.2, -0.15) is 0 Å². The molecule has 2 aliphatic rings. The zero-order valence-corrected chi connectivity index (χ0v) is 25.5. The van der Waals surface area contributed by atoms with E-state index in [2.05, 4.69) is 45.2 Å². The maximum Gasteiger partial charge on any atom is 0.308 e. The topological polar surface area (TPSA) is 69.7 Å². The number of benzene rings is 1. The minimum absolute atomic E-state index is 0.142. The Kier molecular flexibility index (Phi) is 8.61. The molecule has 2 aliphatic heterocycles. The molecule has 40 heavy (non-hydrogen) atoms.